The van der Waals surface area contributed by atoms with Crippen LogP contribution in [0.25, 0.3) is 0 Å². The molecule has 1 rings (SSSR count). The molecule has 0 aliphatic carbocycles. The van der Waals surface area contributed by atoms with Crippen molar-refractivity contribution in [2.75, 3.05) is 6.54 Å². The fourth-order valence-electron chi connectivity index (χ4n) is 1.63. The molecule has 0 unspecified atom stereocenters. The van der Waals surface area contributed by atoms with Crippen LogP contribution in [-0.4, -0.2) is 12.9 Å². The number of ether oxygens (including phenoxy) is 1. The second-order valence-electron chi connectivity index (χ2n) is 4.02. The van der Waals surface area contributed by atoms with Gasteiger partial charge in [0.05, 0.1) is 5.02 Å². The zero-order chi connectivity index (χ0) is 17.8. The summed E-state index contributed by atoms with van der Waals surface area (Å²) in [6, 6.07) is 3.10. The number of benzene rings is 1. The Labute approximate surface area is 136 Å². The third-order valence-electron chi connectivity index (χ3n) is 2.43. The van der Waals surface area contributed by atoms with Crippen molar-refractivity contribution in [2.24, 2.45) is 5.73 Å². The minimum Gasteiger partial charge on any atom is -0.404 e. The molecule has 2 nitrogen and oxygen atoms in total. The van der Waals surface area contributed by atoms with Crippen LogP contribution in [0.2, 0.25) is 5.02 Å². The van der Waals surface area contributed by atoms with Gasteiger partial charge in [-0.25, -0.2) is 0 Å². The van der Waals surface area contributed by atoms with E-state index in [9.17, 15) is 13.2 Å². The Morgan fingerprint density at radius 2 is 1.64 bits per heavy atom. The molecule has 0 aliphatic rings. The number of rotatable bonds is 5. The van der Waals surface area contributed by atoms with E-state index in [1.165, 1.54) is 6.07 Å². The molecule has 1 aromatic carbocycles. The van der Waals surface area contributed by atoms with Crippen molar-refractivity contribution in [1.29, 1.82) is 0 Å². The van der Waals surface area contributed by atoms with Crippen LogP contribution in [0.3, 0.4) is 0 Å². The molecular weight excluding hydrogens is 315 g/mol. The monoisotopic (exact) mass is 341 g/mol. The second-order valence-corrected chi connectivity index (χ2v) is 4.40. The van der Waals surface area contributed by atoms with Crippen LogP contribution in [0.4, 0.5) is 13.2 Å². The first-order chi connectivity index (χ1) is 10.3. The highest BCUT2D eigenvalue weighted by Crippen LogP contribution is 2.34. The van der Waals surface area contributed by atoms with E-state index in [-0.39, 0.29) is 10.8 Å². The van der Waals surface area contributed by atoms with Gasteiger partial charge in [-0.1, -0.05) is 45.4 Å². The molecule has 0 heterocycles. The molecule has 130 valence electrons. The molecule has 0 atom stereocenters. The molecule has 2 N–H and O–H groups in total. The molecule has 0 saturated heterocycles. The van der Waals surface area contributed by atoms with Crippen LogP contribution in [0.15, 0.2) is 12.1 Å². The maximum atomic E-state index is 12.2. The first-order valence-corrected chi connectivity index (χ1v) is 7.96. The molecule has 22 heavy (non-hydrogen) atoms. The fourth-order valence-corrected chi connectivity index (χ4v) is 1.77. The highest BCUT2D eigenvalue weighted by molar-refractivity contribution is 6.32. The van der Waals surface area contributed by atoms with Gasteiger partial charge >= 0.3 is 6.36 Å². The van der Waals surface area contributed by atoms with Crippen molar-refractivity contribution in [3.63, 3.8) is 0 Å². The highest BCUT2D eigenvalue weighted by atomic mass is 35.5. The van der Waals surface area contributed by atoms with Gasteiger partial charge in [-0.3, -0.25) is 0 Å². The van der Waals surface area contributed by atoms with Crippen molar-refractivity contribution < 1.29 is 17.9 Å². The quantitative estimate of drug-likeness (QED) is 0.678. The zero-order valence-corrected chi connectivity index (χ0v) is 14.7. The van der Waals surface area contributed by atoms with Crippen LogP contribution in [0.5, 0.6) is 5.75 Å². The van der Waals surface area contributed by atoms with Crippen LogP contribution in [-0.2, 0) is 6.42 Å². The lowest BCUT2D eigenvalue weighted by Gasteiger charge is -2.13. The van der Waals surface area contributed by atoms with E-state index in [1.54, 1.807) is 13.0 Å². The van der Waals surface area contributed by atoms with Gasteiger partial charge in [-0.05, 0) is 49.9 Å². The SMILES string of the molecule is CC.CC.Cc1cc(CCCCN)cc(OC(F)(F)F)c1Cl. The predicted molar refractivity (Wildman–Crippen MR) is 87.6 cm³/mol. The van der Waals surface area contributed by atoms with Gasteiger partial charge in [-0.2, -0.15) is 0 Å². The Bertz CT molecular complexity index is 409. The third-order valence-corrected chi connectivity index (χ3v) is 2.91. The molecule has 0 fully saturated rings. The standard InChI is InChI=1S/C12H15ClF3NO.2C2H6/c1-8-6-9(4-2-3-5-17)7-10(11(8)13)18-12(14,15)16;2*1-2/h6-7H,2-5,17H2,1H3;2*1-2H3. The lowest BCUT2D eigenvalue weighted by atomic mass is 10.1. The summed E-state index contributed by atoms with van der Waals surface area (Å²) < 4.78 is 40.5. The molecule has 1 aromatic rings. The van der Waals surface area contributed by atoms with Crippen molar-refractivity contribution >= 4 is 11.6 Å². The van der Waals surface area contributed by atoms with E-state index in [0.717, 1.165) is 18.4 Å². The lowest BCUT2D eigenvalue weighted by Crippen LogP contribution is -2.17. The third kappa shape index (κ3) is 9.90. The van der Waals surface area contributed by atoms with E-state index < -0.39 is 6.36 Å². The Morgan fingerprint density at radius 3 is 2.09 bits per heavy atom. The number of unbranched alkanes of at least 4 members (excludes halogenated alkanes) is 1. The van der Waals surface area contributed by atoms with Crippen molar-refractivity contribution in [1.82, 2.24) is 0 Å². The molecule has 0 spiro atoms. The van der Waals surface area contributed by atoms with Gasteiger partial charge in [0.2, 0.25) is 0 Å². The lowest BCUT2D eigenvalue weighted by molar-refractivity contribution is -0.274. The molecule has 0 aliphatic heterocycles. The Balaban J connectivity index is 0. The number of hydrogen-bond acceptors (Lipinski definition) is 2. The molecule has 0 amide bonds. The molecule has 0 radical (unpaired) electrons. The van der Waals surface area contributed by atoms with E-state index in [1.807, 2.05) is 27.7 Å². The van der Waals surface area contributed by atoms with E-state index in [0.29, 0.717) is 18.5 Å². The van der Waals surface area contributed by atoms with Gasteiger partial charge in [0.15, 0.2) is 0 Å². The molecule has 0 aromatic heterocycles. The van der Waals surface area contributed by atoms with Crippen molar-refractivity contribution in [2.45, 2.75) is 60.2 Å². The number of hydrogen-bond donors (Lipinski definition) is 1. The predicted octanol–water partition coefficient (Wildman–Crippen LogP) is 5.88. The van der Waals surface area contributed by atoms with Gasteiger partial charge in [-0.15, -0.1) is 13.2 Å². The number of halogens is 4. The summed E-state index contributed by atoms with van der Waals surface area (Å²) in [5, 5.41) is -0.00472. The van der Waals surface area contributed by atoms with Crippen molar-refractivity contribution in [3.8, 4) is 5.75 Å². The maximum absolute atomic E-state index is 12.2. The molecule has 6 heteroatoms. The van der Waals surface area contributed by atoms with Gasteiger partial charge in [0, 0.05) is 0 Å². The smallest absolute Gasteiger partial charge is 0.404 e. The van der Waals surface area contributed by atoms with Gasteiger partial charge < -0.3 is 10.5 Å². The summed E-state index contributed by atoms with van der Waals surface area (Å²) in [5.74, 6) is -0.341. The first kappa shape index (κ1) is 23.3. The topological polar surface area (TPSA) is 35.2 Å². The fraction of sp³-hybridized carbons (Fsp3) is 0.625. The van der Waals surface area contributed by atoms with Gasteiger partial charge in [0.25, 0.3) is 0 Å². The summed E-state index contributed by atoms with van der Waals surface area (Å²) in [5.41, 5.74) is 6.70. The summed E-state index contributed by atoms with van der Waals surface area (Å²) in [6.45, 7) is 10.2. The average molecular weight is 342 g/mol. The zero-order valence-electron chi connectivity index (χ0n) is 14.0. The minimum absolute atomic E-state index is 0.00472. The van der Waals surface area contributed by atoms with Crippen molar-refractivity contribution in [3.05, 3.63) is 28.3 Å². The Morgan fingerprint density at radius 1 is 1.09 bits per heavy atom. The summed E-state index contributed by atoms with van der Waals surface area (Å²) in [4.78, 5) is 0. The average Bonchev–Trinajstić information content (AvgIpc) is 2.47. The van der Waals surface area contributed by atoms with Crippen LogP contribution < -0.4 is 10.5 Å². The van der Waals surface area contributed by atoms with E-state index in [4.69, 9.17) is 17.3 Å². The van der Waals surface area contributed by atoms with E-state index >= 15 is 0 Å². The number of nitrogens with two attached hydrogens (primary N) is 1. The minimum atomic E-state index is -4.73. The molecule has 0 saturated carbocycles. The molecular formula is C16H27ClF3NO. The normalized spacial score (nSPS) is 10.1. The second kappa shape index (κ2) is 12.6. The summed E-state index contributed by atoms with van der Waals surface area (Å²) in [6.07, 6.45) is -2.42. The summed E-state index contributed by atoms with van der Waals surface area (Å²) >= 11 is 5.79. The first-order valence-electron chi connectivity index (χ1n) is 7.58. The maximum Gasteiger partial charge on any atom is 0.573 e. The number of aryl methyl sites for hydroxylation is 2. The van der Waals surface area contributed by atoms with E-state index in [2.05, 4.69) is 4.74 Å². The van der Waals surface area contributed by atoms with Crippen LogP contribution in [0.1, 0.15) is 51.7 Å². The van der Waals surface area contributed by atoms with Gasteiger partial charge in [0.1, 0.15) is 5.75 Å². The highest BCUT2D eigenvalue weighted by Gasteiger charge is 2.32. The summed E-state index contributed by atoms with van der Waals surface area (Å²) in [7, 11) is 0. The number of alkyl halides is 3. The molecule has 0 bridgehead atoms. The Kier molecular flexibility index (Phi) is 13.3. The van der Waals surface area contributed by atoms with Crippen LogP contribution in [0, 0.1) is 6.92 Å². The van der Waals surface area contributed by atoms with Crippen LogP contribution >= 0.6 is 11.6 Å². The Hall–Kier alpha value is -0.940. The largest absolute Gasteiger partial charge is 0.573 e.